The van der Waals surface area contributed by atoms with Gasteiger partial charge in [-0.25, -0.2) is 4.98 Å². The highest BCUT2D eigenvalue weighted by Crippen LogP contribution is 2.26. The Hall–Kier alpha value is -3.32. The van der Waals surface area contributed by atoms with E-state index in [9.17, 15) is 4.79 Å². The van der Waals surface area contributed by atoms with Crippen LogP contribution >= 0.6 is 11.3 Å². The first-order chi connectivity index (χ1) is 13.2. The molecule has 0 bridgehead atoms. The lowest BCUT2D eigenvalue weighted by Crippen LogP contribution is -2.12. The molecule has 0 aliphatic rings. The molecule has 0 aliphatic heterocycles. The van der Waals surface area contributed by atoms with E-state index in [-0.39, 0.29) is 5.56 Å². The zero-order chi connectivity index (χ0) is 18.8. The van der Waals surface area contributed by atoms with Gasteiger partial charge in [0.05, 0.1) is 25.6 Å². The molecule has 136 valence electrons. The van der Waals surface area contributed by atoms with Gasteiger partial charge in [-0.05, 0) is 36.4 Å². The molecule has 0 fully saturated rings. The molecule has 1 N–H and O–H groups in total. The number of ether oxygens (including phenoxy) is 2. The van der Waals surface area contributed by atoms with E-state index in [1.807, 2.05) is 53.9 Å². The number of nitrogens with one attached hydrogen (secondary N) is 1. The Morgan fingerprint density at radius 1 is 0.963 bits per heavy atom. The molecule has 0 saturated carbocycles. The van der Waals surface area contributed by atoms with E-state index in [4.69, 9.17) is 9.47 Å². The van der Waals surface area contributed by atoms with Crippen molar-refractivity contribution in [3.8, 4) is 39.1 Å². The lowest BCUT2D eigenvalue weighted by molar-refractivity contribution is 0.415. The van der Waals surface area contributed by atoms with Gasteiger partial charge in [-0.2, -0.15) is 4.68 Å². The number of hydrogen-bond acceptors (Lipinski definition) is 5. The average Bonchev–Trinajstić information content (AvgIpc) is 3.35. The SMILES string of the molecule is COc1ccc(-c2csc(-n3[nH]c(-c4cccc(OC)c4)cc3=O)n2)cc1. The summed E-state index contributed by atoms with van der Waals surface area (Å²) in [5, 5.41) is 5.63. The standard InChI is InChI=1S/C20H17N3O3S/c1-25-15-8-6-13(7-9-15)18-12-27-20(21-18)23-19(24)11-17(22-23)14-4-3-5-16(10-14)26-2/h3-12,22H,1-2H3. The molecule has 2 heterocycles. The summed E-state index contributed by atoms with van der Waals surface area (Å²) < 4.78 is 11.9. The number of H-pyrrole nitrogens is 1. The van der Waals surface area contributed by atoms with Crippen LogP contribution in [0, 0.1) is 0 Å². The molecule has 4 aromatic rings. The van der Waals surface area contributed by atoms with Crippen molar-refractivity contribution in [3.05, 3.63) is 70.3 Å². The highest BCUT2D eigenvalue weighted by Gasteiger charge is 2.12. The third-order valence-corrected chi connectivity index (χ3v) is 5.00. The fourth-order valence-electron chi connectivity index (χ4n) is 2.74. The Morgan fingerprint density at radius 2 is 1.74 bits per heavy atom. The van der Waals surface area contributed by atoms with Gasteiger partial charge < -0.3 is 9.47 Å². The van der Waals surface area contributed by atoms with Crippen molar-refractivity contribution in [2.45, 2.75) is 0 Å². The number of benzene rings is 2. The Morgan fingerprint density at radius 3 is 2.48 bits per heavy atom. The van der Waals surface area contributed by atoms with Crippen LogP contribution in [-0.4, -0.2) is 29.0 Å². The summed E-state index contributed by atoms with van der Waals surface area (Å²) in [4.78, 5) is 17.0. The van der Waals surface area contributed by atoms with E-state index in [1.165, 1.54) is 16.0 Å². The molecule has 0 atom stereocenters. The van der Waals surface area contributed by atoms with Crippen LogP contribution in [0.3, 0.4) is 0 Å². The molecule has 27 heavy (non-hydrogen) atoms. The first-order valence-corrected chi connectivity index (χ1v) is 9.13. The van der Waals surface area contributed by atoms with Crippen molar-refractivity contribution in [3.63, 3.8) is 0 Å². The molecule has 4 rings (SSSR count). The van der Waals surface area contributed by atoms with Gasteiger partial charge in [0.15, 0.2) is 0 Å². The Kier molecular flexibility index (Phi) is 4.52. The summed E-state index contributed by atoms with van der Waals surface area (Å²) in [6.07, 6.45) is 0. The van der Waals surface area contributed by atoms with Gasteiger partial charge in [0.2, 0.25) is 5.13 Å². The van der Waals surface area contributed by atoms with E-state index in [2.05, 4.69) is 10.1 Å². The first kappa shape index (κ1) is 17.1. The quantitative estimate of drug-likeness (QED) is 0.570. The fourth-order valence-corrected chi connectivity index (χ4v) is 3.54. The number of thiazole rings is 1. The monoisotopic (exact) mass is 379 g/mol. The van der Waals surface area contributed by atoms with Crippen LogP contribution in [0.5, 0.6) is 11.5 Å². The average molecular weight is 379 g/mol. The second-order valence-electron chi connectivity index (χ2n) is 5.82. The molecule has 2 aromatic heterocycles. The second-order valence-corrected chi connectivity index (χ2v) is 6.66. The number of nitrogens with zero attached hydrogens (tertiary/aromatic N) is 2. The van der Waals surface area contributed by atoms with E-state index < -0.39 is 0 Å². The Bertz CT molecular complexity index is 1130. The van der Waals surface area contributed by atoms with Gasteiger partial charge in [0.1, 0.15) is 11.5 Å². The highest BCUT2D eigenvalue weighted by molar-refractivity contribution is 7.12. The lowest BCUT2D eigenvalue weighted by atomic mass is 10.1. The summed E-state index contributed by atoms with van der Waals surface area (Å²) in [6, 6.07) is 16.8. The minimum Gasteiger partial charge on any atom is -0.497 e. The highest BCUT2D eigenvalue weighted by atomic mass is 32.1. The van der Waals surface area contributed by atoms with Crippen molar-refractivity contribution in [2.75, 3.05) is 14.2 Å². The molecule has 0 aliphatic carbocycles. The van der Waals surface area contributed by atoms with Crippen molar-refractivity contribution >= 4 is 11.3 Å². The third kappa shape index (κ3) is 3.37. The summed E-state index contributed by atoms with van der Waals surface area (Å²) >= 11 is 1.40. The smallest absolute Gasteiger partial charge is 0.273 e. The van der Waals surface area contributed by atoms with E-state index >= 15 is 0 Å². The predicted molar refractivity (Wildman–Crippen MR) is 106 cm³/mol. The largest absolute Gasteiger partial charge is 0.497 e. The van der Waals surface area contributed by atoms with Crippen LogP contribution in [0.25, 0.3) is 27.6 Å². The molecular formula is C20H17N3O3S. The topological polar surface area (TPSA) is 69.1 Å². The third-order valence-electron chi connectivity index (χ3n) is 4.17. The number of aromatic nitrogens is 3. The maximum Gasteiger partial charge on any atom is 0.273 e. The van der Waals surface area contributed by atoms with Crippen molar-refractivity contribution in [2.24, 2.45) is 0 Å². The van der Waals surface area contributed by atoms with Crippen LogP contribution < -0.4 is 15.0 Å². The van der Waals surface area contributed by atoms with Crippen molar-refractivity contribution < 1.29 is 9.47 Å². The minimum atomic E-state index is -0.163. The van der Waals surface area contributed by atoms with Gasteiger partial charge in [-0.3, -0.25) is 9.89 Å². The zero-order valence-corrected chi connectivity index (χ0v) is 15.6. The molecule has 0 unspecified atom stereocenters. The molecule has 0 amide bonds. The normalized spacial score (nSPS) is 10.7. The molecule has 0 saturated heterocycles. The van der Waals surface area contributed by atoms with Gasteiger partial charge in [-0.15, -0.1) is 11.3 Å². The van der Waals surface area contributed by atoms with E-state index in [0.29, 0.717) is 10.8 Å². The Balaban J connectivity index is 1.67. The molecule has 7 heteroatoms. The summed E-state index contributed by atoms with van der Waals surface area (Å²) in [7, 11) is 3.25. The number of aromatic amines is 1. The van der Waals surface area contributed by atoms with Crippen LogP contribution in [0.2, 0.25) is 0 Å². The molecule has 0 spiro atoms. The van der Waals surface area contributed by atoms with Crippen LogP contribution in [0.1, 0.15) is 0 Å². The number of rotatable bonds is 5. The molecular weight excluding hydrogens is 362 g/mol. The molecule has 6 nitrogen and oxygen atoms in total. The number of methoxy groups -OCH3 is 2. The molecule has 2 aromatic carbocycles. The predicted octanol–water partition coefficient (Wildman–Crippen LogP) is 3.97. The van der Waals surface area contributed by atoms with Crippen molar-refractivity contribution in [1.29, 1.82) is 0 Å². The maximum absolute atomic E-state index is 12.4. The van der Waals surface area contributed by atoms with Crippen LogP contribution in [0.4, 0.5) is 0 Å². The number of hydrogen-bond donors (Lipinski definition) is 1. The second kappa shape index (κ2) is 7.13. The van der Waals surface area contributed by atoms with Crippen LogP contribution in [-0.2, 0) is 0 Å². The Labute approximate surface area is 159 Å². The van der Waals surface area contributed by atoms with Gasteiger partial charge in [0, 0.05) is 22.6 Å². The van der Waals surface area contributed by atoms with Gasteiger partial charge in [0.25, 0.3) is 5.56 Å². The maximum atomic E-state index is 12.4. The van der Waals surface area contributed by atoms with Crippen molar-refractivity contribution in [1.82, 2.24) is 14.8 Å². The van der Waals surface area contributed by atoms with Crippen LogP contribution in [0.15, 0.2) is 64.8 Å². The zero-order valence-electron chi connectivity index (χ0n) is 14.8. The van der Waals surface area contributed by atoms with E-state index in [0.717, 1.165) is 28.3 Å². The minimum absolute atomic E-state index is 0.163. The first-order valence-electron chi connectivity index (χ1n) is 8.25. The summed E-state index contributed by atoms with van der Waals surface area (Å²) in [6.45, 7) is 0. The fraction of sp³-hybridized carbons (Fsp3) is 0.100. The lowest BCUT2D eigenvalue weighted by Gasteiger charge is -2.02. The summed E-state index contributed by atoms with van der Waals surface area (Å²) in [5.74, 6) is 1.52. The molecule has 0 radical (unpaired) electrons. The van der Waals surface area contributed by atoms with E-state index in [1.54, 1.807) is 20.3 Å². The van der Waals surface area contributed by atoms with Gasteiger partial charge in [-0.1, -0.05) is 12.1 Å². The summed E-state index contributed by atoms with van der Waals surface area (Å²) in [5.41, 5.74) is 3.19. The van der Waals surface area contributed by atoms with Gasteiger partial charge >= 0.3 is 0 Å².